The number of halogens is 1. The first-order chi connectivity index (χ1) is 7.89. The van der Waals surface area contributed by atoms with Crippen molar-refractivity contribution in [1.82, 2.24) is 9.78 Å². The van der Waals surface area contributed by atoms with Gasteiger partial charge in [-0.15, -0.1) is 0 Å². The molecular formula is C11H11FN2O2S. The first kappa shape index (κ1) is 11.8. The molecule has 1 aromatic carbocycles. The monoisotopic (exact) mass is 254 g/mol. The zero-order valence-electron chi connectivity index (χ0n) is 9.38. The Labute approximate surface area is 98.6 Å². The summed E-state index contributed by atoms with van der Waals surface area (Å²) in [6, 6.07) is 5.53. The summed E-state index contributed by atoms with van der Waals surface area (Å²) < 4.78 is 37.9. The van der Waals surface area contributed by atoms with E-state index in [1.807, 2.05) is 0 Å². The summed E-state index contributed by atoms with van der Waals surface area (Å²) in [7, 11) is -1.69. The average molecular weight is 254 g/mol. The van der Waals surface area contributed by atoms with Crippen LogP contribution in [0.1, 0.15) is 0 Å². The van der Waals surface area contributed by atoms with Gasteiger partial charge < -0.3 is 0 Å². The molecule has 0 aliphatic rings. The van der Waals surface area contributed by atoms with Crippen LogP contribution in [0.2, 0.25) is 0 Å². The number of sulfone groups is 1. The zero-order valence-corrected chi connectivity index (χ0v) is 10.2. The van der Waals surface area contributed by atoms with Gasteiger partial charge in [0.2, 0.25) is 0 Å². The Bertz CT molecular complexity index is 662. The molecule has 0 N–H and O–H groups in total. The molecule has 17 heavy (non-hydrogen) atoms. The maximum absolute atomic E-state index is 13.8. The van der Waals surface area contributed by atoms with Crippen LogP contribution in [-0.4, -0.2) is 24.5 Å². The highest BCUT2D eigenvalue weighted by atomic mass is 32.2. The highest BCUT2D eigenvalue weighted by Gasteiger charge is 2.13. The summed E-state index contributed by atoms with van der Waals surface area (Å²) in [5.74, 6) is -0.573. The number of rotatable bonds is 2. The number of hydrogen-bond donors (Lipinski definition) is 0. The minimum atomic E-state index is -3.38. The summed E-state index contributed by atoms with van der Waals surface area (Å²) >= 11 is 0. The first-order valence-electron chi connectivity index (χ1n) is 4.87. The molecule has 0 aliphatic carbocycles. The van der Waals surface area contributed by atoms with Crippen molar-refractivity contribution in [3.8, 4) is 11.3 Å². The standard InChI is InChI=1S/C11H11FN2O2S/c1-14-11(5-6-13-14)9-4-3-8(7-10(9)12)17(2,15)16/h3-7H,1-2H3. The molecule has 90 valence electrons. The molecule has 0 radical (unpaired) electrons. The molecule has 1 heterocycles. The van der Waals surface area contributed by atoms with Crippen LogP contribution in [0, 0.1) is 5.82 Å². The molecule has 2 aromatic rings. The molecule has 0 spiro atoms. The van der Waals surface area contributed by atoms with Crippen LogP contribution in [0.15, 0.2) is 35.4 Å². The summed E-state index contributed by atoms with van der Waals surface area (Å²) in [5, 5.41) is 3.94. The molecule has 0 aliphatic heterocycles. The van der Waals surface area contributed by atoms with E-state index in [1.54, 1.807) is 19.3 Å². The van der Waals surface area contributed by atoms with Gasteiger partial charge in [-0.05, 0) is 24.3 Å². The van der Waals surface area contributed by atoms with E-state index in [0.29, 0.717) is 11.3 Å². The molecule has 0 saturated carbocycles. The molecule has 0 fully saturated rings. The van der Waals surface area contributed by atoms with Crippen molar-refractivity contribution in [2.24, 2.45) is 7.05 Å². The normalized spacial score (nSPS) is 11.7. The maximum Gasteiger partial charge on any atom is 0.175 e. The van der Waals surface area contributed by atoms with Crippen molar-refractivity contribution in [3.63, 3.8) is 0 Å². The lowest BCUT2D eigenvalue weighted by atomic mass is 10.1. The van der Waals surface area contributed by atoms with Crippen molar-refractivity contribution < 1.29 is 12.8 Å². The van der Waals surface area contributed by atoms with Crippen molar-refractivity contribution in [3.05, 3.63) is 36.3 Å². The van der Waals surface area contributed by atoms with Gasteiger partial charge in [0.05, 0.1) is 10.6 Å². The predicted molar refractivity (Wildman–Crippen MR) is 61.7 cm³/mol. The van der Waals surface area contributed by atoms with E-state index in [9.17, 15) is 12.8 Å². The van der Waals surface area contributed by atoms with Crippen molar-refractivity contribution in [2.75, 3.05) is 6.26 Å². The third-order valence-corrected chi connectivity index (χ3v) is 3.58. The predicted octanol–water partition coefficient (Wildman–Crippen LogP) is 1.63. The molecule has 0 bridgehead atoms. The number of benzene rings is 1. The Morgan fingerprint density at radius 1 is 1.29 bits per heavy atom. The van der Waals surface area contributed by atoms with Crippen LogP contribution in [0.3, 0.4) is 0 Å². The van der Waals surface area contributed by atoms with E-state index in [4.69, 9.17) is 0 Å². The lowest BCUT2D eigenvalue weighted by molar-refractivity contribution is 0.596. The SMILES string of the molecule is Cn1nccc1-c1ccc(S(C)(=O)=O)cc1F. The van der Waals surface area contributed by atoms with Crippen LogP contribution in [0.25, 0.3) is 11.3 Å². The maximum atomic E-state index is 13.8. The molecular weight excluding hydrogens is 243 g/mol. The van der Waals surface area contributed by atoms with E-state index in [2.05, 4.69) is 5.10 Å². The molecule has 1 aromatic heterocycles. The molecule has 2 rings (SSSR count). The summed E-state index contributed by atoms with van der Waals surface area (Å²) in [4.78, 5) is -0.0269. The van der Waals surface area contributed by atoms with E-state index in [0.717, 1.165) is 12.3 Å². The fourth-order valence-electron chi connectivity index (χ4n) is 1.57. The Morgan fingerprint density at radius 2 is 2.00 bits per heavy atom. The van der Waals surface area contributed by atoms with Gasteiger partial charge in [-0.2, -0.15) is 5.10 Å². The van der Waals surface area contributed by atoms with Crippen LogP contribution < -0.4 is 0 Å². The number of nitrogens with zero attached hydrogens (tertiary/aromatic N) is 2. The highest BCUT2D eigenvalue weighted by Crippen LogP contribution is 2.24. The van der Waals surface area contributed by atoms with Crippen molar-refractivity contribution in [2.45, 2.75) is 4.90 Å². The van der Waals surface area contributed by atoms with Crippen LogP contribution >= 0.6 is 0 Å². The highest BCUT2D eigenvalue weighted by molar-refractivity contribution is 7.90. The third kappa shape index (κ3) is 2.21. The molecule has 4 nitrogen and oxygen atoms in total. The van der Waals surface area contributed by atoms with Gasteiger partial charge in [-0.3, -0.25) is 4.68 Å². The minimum Gasteiger partial charge on any atom is -0.268 e. The Balaban J connectivity index is 2.57. The quantitative estimate of drug-likeness (QED) is 0.818. The van der Waals surface area contributed by atoms with Gasteiger partial charge in [0.15, 0.2) is 9.84 Å². The van der Waals surface area contributed by atoms with Gasteiger partial charge in [0, 0.05) is 25.1 Å². The average Bonchev–Trinajstić information content (AvgIpc) is 2.63. The van der Waals surface area contributed by atoms with Gasteiger partial charge in [-0.1, -0.05) is 0 Å². The smallest absolute Gasteiger partial charge is 0.175 e. The number of aromatic nitrogens is 2. The lowest BCUT2D eigenvalue weighted by Gasteiger charge is -2.05. The van der Waals surface area contributed by atoms with Gasteiger partial charge in [0.1, 0.15) is 5.82 Å². The largest absolute Gasteiger partial charge is 0.268 e. The van der Waals surface area contributed by atoms with E-state index in [1.165, 1.54) is 16.8 Å². The van der Waals surface area contributed by atoms with E-state index < -0.39 is 15.7 Å². The molecule has 0 saturated heterocycles. The fraction of sp³-hybridized carbons (Fsp3) is 0.182. The Morgan fingerprint density at radius 3 is 2.47 bits per heavy atom. The first-order valence-corrected chi connectivity index (χ1v) is 6.77. The van der Waals surface area contributed by atoms with Gasteiger partial charge >= 0.3 is 0 Å². The van der Waals surface area contributed by atoms with Crippen LogP contribution in [0.4, 0.5) is 4.39 Å². The van der Waals surface area contributed by atoms with Crippen molar-refractivity contribution >= 4 is 9.84 Å². The Hall–Kier alpha value is -1.69. The second-order valence-corrected chi connectivity index (χ2v) is 5.77. The lowest BCUT2D eigenvalue weighted by Crippen LogP contribution is -2.00. The molecule has 6 heteroatoms. The summed E-state index contributed by atoms with van der Waals surface area (Å²) in [5.41, 5.74) is 0.931. The van der Waals surface area contributed by atoms with Gasteiger partial charge in [0.25, 0.3) is 0 Å². The van der Waals surface area contributed by atoms with Crippen LogP contribution in [0.5, 0.6) is 0 Å². The summed E-state index contributed by atoms with van der Waals surface area (Å²) in [6.45, 7) is 0. The third-order valence-electron chi connectivity index (χ3n) is 2.47. The molecule has 0 amide bonds. The van der Waals surface area contributed by atoms with E-state index in [-0.39, 0.29) is 4.90 Å². The minimum absolute atomic E-state index is 0.0269. The number of aryl methyl sites for hydroxylation is 1. The number of hydrogen-bond acceptors (Lipinski definition) is 3. The van der Waals surface area contributed by atoms with Crippen LogP contribution in [-0.2, 0) is 16.9 Å². The van der Waals surface area contributed by atoms with Crippen molar-refractivity contribution in [1.29, 1.82) is 0 Å². The molecule has 0 atom stereocenters. The summed E-state index contributed by atoms with van der Waals surface area (Å²) in [6.07, 6.45) is 2.60. The second-order valence-electron chi connectivity index (χ2n) is 3.75. The second kappa shape index (κ2) is 3.96. The molecule has 0 unspecified atom stereocenters. The van der Waals surface area contributed by atoms with Gasteiger partial charge in [-0.25, -0.2) is 12.8 Å². The van der Waals surface area contributed by atoms with E-state index >= 15 is 0 Å². The Kier molecular flexibility index (Phi) is 2.74. The zero-order chi connectivity index (χ0) is 12.6. The fourth-order valence-corrected chi connectivity index (χ4v) is 2.21. The topological polar surface area (TPSA) is 52.0 Å².